The molecule has 1 amide bonds. The van der Waals surface area contributed by atoms with Crippen molar-refractivity contribution < 1.29 is 19.9 Å². The Morgan fingerprint density at radius 3 is 2.09 bits per heavy atom. The van der Waals surface area contributed by atoms with E-state index in [0.717, 1.165) is 11.1 Å². The van der Waals surface area contributed by atoms with E-state index in [0.29, 0.717) is 10.6 Å². The fraction of sp³-hybridized carbons (Fsp3) is 0.176. The number of aliphatic carboxylic acids is 1. The zero-order valence-electron chi connectivity index (χ0n) is 12.0. The Morgan fingerprint density at radius 2 is 1.50 bits per heavy atom. The Bertz CT molecular complexity index is 637. The lowest BCUT2D eigenvalue weighted by molar-refractivity contribution is -0.137. The minimum atomic E-state index is -0.951. The van der Waals surface area contributed by atoms with Gasteiger partial charge in [-0.1, -0.05) is 42.5 Å². The summed E-state index contributed by atoms with van der Waals surface area (Å²) in [6, 6.07) is 16.7. The number of hydrogen-bond donors (Lipinski definition) is 2. The highest BCUT2D eigenvalue weighted by Gasteiger charge is 2.13. The molecule has 2 N–H and O–H groups in total. The van der Waals surface area contributed by atoms with Crippen molar-refractivity contribution in [1.82, 2.24) is 5.06 Å². The van der Waals surface area contributed by atoms with Crippen LogP contribution in [0.3, 0.4) is 0 Å². The summed E-state index contributed by atoms with van der Waals surface area (Å²) in [6.07, 6.45) is 0.122. The van der Waals surface area contributed by atoms with Crippen molar-refractivity contribution >= 4 is 11.9 Å². The molecule has 0 saturated carbocycles. The van der Waals surface area contributed by atoms with Crippen LogP contribution in [0.2, 0.25) is 0 Å². The number of nitrogens with zero attached hydrogens (tertiary/aromatic N) is 1. The number of benzene rings is 2. The predicted octanol–water partition coefficient (Wildman–Crippen LogP) is 3.05. The number of carbonyl (C=O) groups excluding carboxylic acids is 1. The fourth-order valence-corrected chi connectivity index (χ4v) is 2.07. The topological polar surface area (TPSA) is 77.8 Å². The second kappa shape index (κ2) is 7.38. The normalized spacial score (nSPS) is 10.2. The van der Waals surface area contributed by atoms with E-state index in [-0.39, 0.29) is 19.4 Å². The van der Waals surface area contributed by atoms with Gasteiger partial charge in [-0.25, -0.2) is 5.06 Å². The molecule has 0 heterocycles. The average Bonchev–Trinajstić information content (AvgIpc) is 2.54. The molecule has 0 aliphatic heterocycles. The minimum Gasteiger partial charge on any atom is -0.481 e. The highest BCUT2D eigenvalue weighted by atomic mass is 16.5. The van der Waals surface area contributed by atoms with Gasteiger partial charge < -0.3 is 5.11 Å². The van der Waals surface area contributed by atoms with E-state index in [1.54, 1.807) is 12.1 Å². The summed E-state index contributed by atoms with van der Waals surface area (Å²) in [4.78, 5) is 22.4. The molecule has 0 atom stereocenters. The molecule has 0 saturated heterocycles. The molecular formula is C17H17NO4. The number of carboxylic acid groups (broad SMARTS) is 1. The van der Waals surface area contributed by atoms with Crippen molar-refractivity contribution in [2.75, 3.05) is 6.54 Å². The first-order chi connectivity index (χ1) is 10.6. The van der Waals surface area contributed by atoms with E-state index >= 15 is 0 Å². The van der Waals surface area contributed by atoms with E-state index in [1.807, 2.05) is 42.5 Å². The Kier molecular flexibility index (Phi) is 5.27. The second-order valence-corrected chi connectivity index (χ2v) is 4.87. The molecule has 5 nitrogen and oxygen atoms in total. The average molecular weight is 299 g/mol. The quantitative estimate of drug-likeness (QED) is 0.635. The highest BCUT2D eigenvalue weighted by Crippen LogP contribution is 2.19. The highest BCUT2D eigenvalue weighted by molar-refractivity contribution is 5.93. The van der Waals surface area contributed by atoms with Gasteiger partial charge in [0, 0.05) is 18.5 Å². The Morgan fingerprint density at radius 1 is 0.909 bits per heavy atom. The van der Waals surface area contributed by atoms with Crippen molar-refractivity contribution in [2.24, 2.45) is 0 Å². The zero-order chi connectivity index (χ0) is 15.9. The summed E-state index contributed by atoms with van der Waals surface area (Å²) in [5.41, 5.74) is 2.38. The van der Waals surface area contributed by atoms with Gasteiger partial charge in [-0.15, -0.1) is 0 Å². The molecular weight excluding hydrogens is 282 g/mol. The molecule has 22 heavy (non-hydrogen) atoms. The lowest BCUT2D eigenvalue weighted by atomic mass is 10.0. The van der Waals surface area contributed by atoms with Crippen molar-refractivity contribution in [3.8, 4) is 11.1 Å². The number of hydroxylamine groups is 2. The molecule has 0 unspecified atom stereocenters. The molecule has 0 aliphatic rings. The van der Waals surface area contributed by atoms with Crippen LogP contribution in [0.25, 0.3) is 11.1 Å². The Hall–Kier alpha value is -2.66. The van der Waals surface area contributed by atoms with Crippen LogP contribution in [0.4, 0.5) is 0 Å². The molecule has 0 bridgehead atoms. The number of amides is 1. The van der Waals surface area contributed by atoms with Crippen LogP contribution in [-0.2, 0) is 4.79 Å². The minimum absolute atomic E-state index is 0.00836. The third-order valence-electron chi connectivity index (χ3n) is 3.23. The van der Waals surface area contributed by atoms with E-state index in [2.05, 4.69) is 0 Å². The molecule has 114 valence electrons. The van der Waals surface area contributed by atoms with Crippen LogP contribution in [0, 0.1) is 0 Å². The molecule has 0 fully saturated rings. The Balaban J connectivity index is 2.00. The van der Waals surface area contributed by atoms with Gasteiger partial charge in [0.25, 0.3) is 5.91 Å². The van der Waals surface area contributed by atoms with Crippen molar-refractivity contribution in [1.29, 1.82) is 0 Å². The number of carboxylic acids is 1. The third-order valence-corrected chi connectivity index (χ3v) is 3.23. The van der Waals surface area contributed by atoms with Crippen molar-refractivity contribution in [3.05, 3.63) is 60.2 Å². The first-order valence-electron chi connectivity index (χ1n) is 6.96. The van der Waals surface area contributed by atoms with Crippen molar-refractivity contribution in [3.63, 3.8) is 0 Å². The van der Waals surface area contributed by atoms with Gasteiger partial charge in [0.1, 0.15) is 0 Å². The van der Waals surface area contributed by atoms with Crippen LogP contribution < -0.4 is 0 Å². The summed E-state index contributed by atoms with van der Waals surface area (Å²) in [5, 5.41) is 18.8. The lowest BCUT2D eigenvalue weighted by Gasteiger charge is -2.14. The van der Waals surface area contributed by atoms with E-state index in [9.17, 15) is 14.8 Å². The smallest absolute Gasteiger partial charge is 0.303 e. The van der Waals surface area contributed by atoms with E-state index in [4.69, 9.17) is 5.11 Å². The van der Waals surface area contributed by atoms with Crippen LogP contribution in [0.15, 0.2) is 54.6 Å². The van der Waals surface area contributed by atoms with Crippen molar-refractivity contribution in [2.45, 2.75) is 12.8 Å². The maximum Gasteiger partial charge on any atom is 0.303 e. The van der Waals surface area contributed by atoms with Crippen LogP contribution >= 0.6 is 0 Å². The predicted molar refractivity (Wildman–Crippen MR) is 81.6 cm³/mol. The first kappa shape index (κ1) is 15.7. The van der Waals surface area contributed by atoms with Crippen LogP contribution in [0.1, 0.15) is 23.2 Å². The van der Waals surface area contributed by atoms with Crippen LogP contribution in [-0.4, -0.2) is 33.8 Å². The van der Waals surface area contributed by atoms with Gasteiger partial charge >= 0.3 is 5.97 Å². The first-order valence-corrected chi connectivity index (χ1v) is 6.96. The maximum atomic E-state index is 12.0. The van der Waals surface area contributed by atoms with Gasteiger partial charge in [-0.3, -0.25) is 14.8 Å². The largest absolute Gasteiger partial charge is 0.481 e. The summed E-state index contributed by atoms with van der Waals surface area (Å²) in [7, 11) is 0. The van der Waals surface area contributed by atoms with Gasteiger partial charge in [-0.05, 0) is 29.7 Å². The standard InChI is InChI=1S/C17H17NO4/c19-16(20)7-4-12-18(22)17(21)15-10-8-14(9-11-15)13-5-2-1-3-6-13/h1-3,5-6,8-11,22H,4,7,12H2,(H,19,20). The summed E-state index contributed by atoms with van der Waals surface area (Å²) >= 11 is 0. The van der Waals surface area contributed by atoms with Gasteiger partial charge in [0.15, 0.2) is 0 Å². The van der Waals surface area contributed by atoms with E-state index in [1.165, 1.54) is 0 Å². The molecule has 0 radical (unpaired) electrons. The fourth-order valence-electron chi connectivity index (χ4n) is 2.07. The van der Waals surface area contributed by atoms with E-state index < -0.39 is 11.9 Å². The molecule has 0 spiro atoms. The summed E-state index contributed by atoms with van der Waals surface area (Å²) < 4.78 is 0. The van der Waals surface area contributed by atoms with Gasteiger partial charge in [0.2, 0.25) is 0 Å². The maximum absolute atomic E-state index is 12.0. The monoisotopic (exact) mass is 299 g/mol. The third kappa shape index (κ3) is 4.17. The van der Waals surface area contributed by atoms with Gasteiger partial charge in [0.05, 0.1) is 0 Å². The molecule has 5 heteroatoms. The number of hydrogen-bond acceptors (Lipinski definition) is 3. The lowest BCUT2D eigenvalue weighted by Crippen LogP contribution is -2.28. The molecule has 2 aromatic carbocycles. The zero-order valence-corrected chi connectivity index (χ0v) is 12.0. The van der Waals surface area contributed by atoms with Gasteiger partial charge in [-0.2, -0.15) is 0 Å². The second-order valence-electron chi connectivity index (χ2n) is 4.87. The molecule has 0 aliphatic carbocycles. The van der Waals surface area contributed by atoms with Crippen LogP contribution in [0.5, 0.6) is 0 Å². The number of rotatable bonds is 6. The SMILES string of the molecule is O=C(O)CCCN(O)C(=O)c1ccc(-c2ccccc2)cc1. The summed E-state index contributed by atoms with van der Waals surface area (Å²) in [6.45, 7) is -0.00836. The molecule has 2 rings (SSSR count). The number of carbonyl (C=O) groups is 2. The molecule has 2 aromatic rings. The Labute approximate surface area is 128 Å². The summed E-state index contributed by atoms with van der Waals surface area (Å²) in [5.74, 6) is -1.49. The molecule has 0 aromatic heterocycles.